The van der Waals surface area contributed by atoms with E-state index in [0.29, 0.717) is 17.9 Å². The van der Waals surface area contributed by atoms with Crippen molar-refractivity contribution in [2.75, 3.05) is 13.7 Å². The lowest BCUT2D eigenvalue weighted by Crippen LogP contribution is -2.39. The monoisotopic (exact) mass is 326 g/mol. The van der Waals surface area contributed by atoms with Crippen LogP contribution < -0.4 is 15.4 Å². The van der Waals surface area contributed by atoms with E-state index in [2.05, 4.69) is 10.6 Å². The van der Waals surface area contributed by atoms with Gasteiger partial charge in [-0.15, -0.1) is 0 Å². The molecule has 2 amide bonds. The predicted molar refractivity (Wildman–Crippen MR) is 92.9 cm³/mol. The smallest absolute Gasteiger partial charge is 0.255 e. The highest BCUT2D eigenvalue weighted by molar-refractivity contribution is 5.99. The number of nitrogens with one attached hydrogen (secondary N) is 2. The Morgan fingerprint density at radius 3 is 2.38 bits per heavy atom. The third-order valence-electron chi connectivity index (χ3n) is 3.51. The minimum absolute atomic E-state index is 0.276. The molecular weight excluding hydrogens is 304 g/mol. The van der Waals surface area contributed by atoms with Crippen LogP contribution in [0.15, 0.2) is 54.6 Å². The Balaban J connectivity index is 2.24. The molecule has 1 atom stereocenters. The van der Waals surface area contributed by atoms with E-state index in [-0.39, 0.29) is 11.8 Å². The first-order valence-electron chi connectivity index (χ1n) is 7.96. The average Bonchev–Trinajstić information content (AvgIpc) is 2.64. The molecule has 2 aromatic carbocycles. The normalized spacial score (nSPS) is 11.4. The first-order chi connectivity index (χ1) is 11.7. The third-order valence-corrected chi connectivity index (χ3v) is 3.51. The Hall–Kier alpha value is -2.82. The van der Waals surface area contributed by atoms with E-state index < -0.39 is 6.04 Å². The second-order valence-electron chi connectivity index (χ2n) is 5.28. The minimum Gasteiger partial charge on any atom is -0.493 e. The summed E-state index contributed by atoms with van der Waals surface area (Å²) in [4.78, 5) is 24.8. The lowest BCUT2D eigenvalue weighted by atomic mass is 10.1. The second kappa shape index (κ2) is 8.72. The maximum absolute atomic E-state index is 12.7. The van der Waals surface area contributed by atoms with Gasteiger partial charge in [0.1, 0.15) is 11.8 Å². The fourth-order valence-electron chi connectivity index (χ4n) is 2.29. The van der Waals surface area contributed by atoms with Crippen molar-refractivity contribution in [3.63, 3.8) is 0 Å². The summed E-state index contributed by atoms with van der Waals surface area (Å²) in [5.41, 5.74) is 1.13. The Bertz CT molecular complexity index is 686. The van der Waals surface area contributed by atoms with Gasteiger partial charge >= 0.3 is 0 Å². The maximum atomic E-state index is 12.7. The van der Waals surface area contributed by atoms with E-state index in [1.807, 2.05) is 31.2 Å². The molecule has 2 rings (SSSR count). The van der Waals surface area contributed by atoms with Gasteiger partial charge in [-0.25, -0.2) is 0 Å². The fourth-order valence-corrected chi connectivity index (χ4v) is 2.29. The highest BCUT2D eigenvalue weighted by Crippen LogP contribution is 2.20. The number of carbonyl (C=O) groups is 2. The topological polar surface area (TPSA) is 67.4 Å². The quantitative estimate of drug-likeness (QED) is 0.822. The summed E-state index contributed by atoms with van der Waals surface area (Å²) in [5, 5.41) is 5.37. The fraction of sp³-hybridized carbons (Fsp3) is 0.263. The largest absolute Gasteiger partial charge is 0.493 e. The number of carbonyl (C=O) groups excluding carboxylic acids is 2. The molecule has 0 saturated heterocycles. The standard InChI is InChI=1S/C19H22N2O3/c1-3-13-24-16-12-8-7-11-15(16)18(22)21-17(19(23)20-2)14-9-5-4-6-10-14/h4-12,17H,3,13H2,1-2H3,(H,20,23)(H,21,22)/t17-/m0/s1. The van der Waals surface area contributed by atoms with Gasteiger partial charge in [-0.2, -0.15) is 0 Å². The minimum atomic E-state index is -0.761. The van der Waals surface area contributed by atoms with Crippen LogP contribution in [-0.4, -0.2) is 25.5 Å². The van der Waals surface area contributed by atoms with Gasteiger partial charge in [0, 0.05) is 7.05 Å². The van der Waals surface area contributed by atoms with Crippen LogP contribution in [0.1, 0.15) is 35.3 Å². The number of likely N-dealkylation sites (N-methyl/N-ethyl adjacent to an activating group) is 1. The van der Waals surface area contributed by atoms with Gasteiger partial charge in [-0.05, 0) is 24.1 Å². The number of rotatable bonds is 7. The molecular formula is C19H22N2O3. The predicted octanol–water partition coefficient (Wildman–Crippen LogP) is 2.69. The molecule has 0 radical (unpaired) electrons. The third kappa shape index (κ3) is 4.35. The van der Waals surface area contributed by atoms with Crippen LogP contribution in [0.4, 0.5) is 0 Å². The van der Waals surface area contributed by atoms with E-state index in [0.717, 1.165) is 12.0 Å². The SMILES string of the molecule is CCCOc1ccccc1C(=O)N[C@H](C(=O)NC)c1ccccc1. The molecule has 5 nitrogen and oxygen atoms in total. The van der Waals surface area contributed by atoms with Gasteiger partial charge in [0.15, 0.2) is 0 Å². The van der Waals surface area contributed by atoms with E-state index in [9.17, 15) is 9.59 Å². The van der Waals surface area contributed by atoms with Gasteiger partial charge in [0.05, 0.1) is 12.2 Å². The summed E-state index contributed by atoms with van der Waals surface area (Å²) in [5.74, 6) is -0.110. The summed E-state index contributed by atoms with van der Waals surface area (Å²) in [7, 11) is 1.54. The van der Waals surface area contributed by atoms with Crippen molar-refractivity contribution in [3.8, 4) is 5.75 Å². The van der Waals surface area contributed by atoms with E-state index in [1.54, 1.807) is 37.4 Å². The van der Waals surface area contributed by atoms with Crippen LogP contribution in [0, 0.1) is 0 Å². The zero-order valence-electron chi connectivity index (χ0n) is 13.9. The molecule has 0 spiro atoms. The van der Waals surface area contributed by atoms with Crippen molar-refractivity contribution < 1.29 is 14.3 Å². The number of hydrogen-bond donors (Lipinski definition) is 2. The Morgan fingerprint density at radius 2 is 1.71 bits per heavy atom. The molecule has 0 aliphatic carbocycles. The average molecular weight is 326 g/mol. The van der Waals surface area contributed by atoms with Crippen molar-refractivity contribution in [1.29, 1.82) is 0 Å². The summed E-state index contributed by atoms with van der Waals surface area (Å²) < 4.78 is 5.62. The van der Waals surface area contributed by atoms with Crippen molar-refractivity contribution in [3.05, 3.63) is 65.7 Å². The Labute approximate surface area is 142 Å². The molecule has 0 unspecified atom stereocenters. The molecule has 0 fully saturated rings. The summed E-state index contributed by atoms with van der Waals surface area (Å²) in [6.07, 6.45) is 0.848. The van der Waals surface area contributed by atoms with E-state index in [4.69, 9.17) is 4.74 Å². The molecule has 0 heterocycles. The van der Waals surface area contributed by atoms with Crippen LogP contribution in [0.2, 0.25) is 0 Å². The highest BCUT2D eigenvalue weighted by Gasteiger charge is 2.23. The van der Waals surface area contributed by atoms with Crippen molar-refractivity contribution in [2.45, 2.75) is 19.4 Å². The summed E-state index contributed by atoms with van der Waals surface area (Å²) in [6.45, 7) is 2.53. The highest BCUT2D eigenvalue weighted by atomic mass is 16.5. The van der Waals surface area contributed by atoms with Crippen LogP contribution in [0.3, 0.4) is 0 Å². The summed E-state index contributed by atoms with van der Waals surface area (Å²) in [6, 6.07) is 15.4. The van der Waals surface area contributed by atoms with Gasteiger partial charge < -0.3 is 15.4 Å². The first kappa shape index (κ1) is 17.5. The van der Waals surface area contributed by atoms with E-state index in [1.165, 1.54) is 0 Å². The van der Waals surface area contributed by atoms with Gasteiger partial charge in [0.2, 0.25) is 5.91 Å². The number of ether oxygens (including phenoxy) is 1. The zero-order chi connectivity index (χ0) is 17.4. The Morgan fingerprint density at radius 1 is 1.04 bits per heavy atom. The number of amides is 2. The first-order valence-corrected chi connectivity index (χ1v) is 7.96. The Kier molecular flexibility index (Phi) is 6.37. The molecule has 126 valence electrons. The number of benzene rings is 2. The number of para-hydroxylation sites is 1. The van der Waals surface area contributed by atoms with Crippen LogP contribution in [0.25, 0.3) is 0 Å². The molecule has 24 heavy (non-hydrogen) atoms. The lowest BCUT2D eigenvalue weighted by molar-refractivity contribution is -0.122. The van der Waals surface area contributed by atoms with E-state index >= 15 is 0 Å². The number of hydrogen-bond acceptors (Lipinski definition) is 3. The molecule has 0 bridgehead atoms. The molecule has 2 N–H and O–H groups in total. The molecule has 0 aromatic heterocycles. The van der Waals surface area contributed by atoms with Crippen LogP contribution >= 0.6 is 0 Å². The van der Waals surface area contributed by atoms with Crippen LogP contribution in [-0.2, 0) is 4.79 Å². The molecule has 0 aliphatic heterocycles. The van der Waals surface area contributed by atoms with Crippen LogP contribution in [0.5, 0.6) is 5.75 Å². The van der Waals surface area contributed by atoms with Gasteiger partial charge in [-0.3, -0.25) is 9.59 Å². The van der Waals surface area contributed by atoms with Gasteiger partial charge in [0.25, 0.3) is 5.91 Å². The lowest BCUT2D eigenvalue weighted by Gasteiger charge is -2.19. The zero-order valence-corrected chi connectivity index (χ0v) is 13.9. The molecule has 2 aromatic rings. The molecule has 5 heteroatoms. The summed E-state index contributed by atoms with van der Waals surface area (Å²) >= 11 is 0. The molecule has 0 saturated carbocycles. The van der Waals surface area contributed by atoms with Gasteiger partial charge in [-0.1, -0.05) is 49.4 Å². The maximum Gasteiger partial charge on any atom is 0.255 e. The van der Waals surface area contributed by atoms with Crippen molar-refractivity contribution in [2.24, 2.45) is 0 Å². The molecule has 0 aliphatic rings. The van der Waals surface area contributed by atoms with Crippen molar-refractivity contribution in [1.82, 2.24) is 10.6 Å². The van der Waals surface area contributed by atoms with Crippen molar-refractivity contribution >= 4 is 11.8 Å². The second-order valence-corrected chi connectivity index (χ2v) is 5.28.